The van der Waals surface area contributed by atoms with Gasteiger partial charge in [0.15, 0.2) is 6.10 Å². The lowest BCUT2D eigenvalue weighted by Gasteiger charge is -2.13. The van der Waals surface area contributed by atoms with Crippen LogP contribution in [-0.4, -0.2) is 23.0 Å². The quantitative estimate of drug-likeness (QED) is 0.591. The number of amides is 1. The number of hydrogen-bond donors (Lipinski definition) is 1. The SMILES string of the molecule is CC(OC(=O)c1ccc(OCc2cscn2)cc1)C(=O)Nc1sccc1C#N. The van der Waals surface area contributed by atoms with Crippen molar-refractivity contribution < 1.29 is 19.1 Å². The lowest BCUT2D eigenvalue weighted by Crippen LogP contribution is -2.29. The molecule has 28 heavy (non-hydrogen) atoms. The van der Waals surface area contributed by atoms with Gasteiger partial charge in [0, 0.05) is 5.38 Å². The van der Waals surface area contributed by atoms with E-state index in [1.807, 2.05) is 11.4 Å². The number of anilines is 1. The van der Waals surface area contributed by atoms with Gasteiger partial charge >= 0.3 is 5.97 Å². The van der Waals surface area contributed by atoms with E-state index in [1.54, 1.807) is 41.2 Å². The van der Waals surface area contributed by atoms with E-state index in [0.717, 1.165) is 5.69 Å². The van der Waals surface area contributed by atoms with Gasteiger partial charge in [0.1, 0.15) is 23.4 Å². The number of carbonyl (C=O) groups excluding carboxylic acids is 2. The van der Waals surface area contributed by atoms with Crippen LogP contribution < -0.4 is 10.1 Å². The third-order valence-corrected chi connectivity index (χ3v) is 5.10. The van der Waals surface area contributed by atoms with Gasteiger partial charge in [-0.3, -0.25) is 4.79 Å². The number of thiazole rings is 1. The van der Waals surface area contributed by atoms with Gasteiger partial charge in [0.2, 0.25) is 0 Å². The molecule has 0 fully saturated rings. The Morgan fingerprint density at radius 3 is 2.75 bits per heavy atom. The molecule has 7 nitrogen and oxygen atoms in total. The fourth-order valence-electron chi connectivity index (χ4n) is 2.14. The number of aromatic nitrogens is 1. The molecule has 1 amide bonds. The first-order valence-electron chi connectivity index (χ1n) is 8.16. The van der Waals surface area contributed by atoms with Gasteiger partial charge in [-0.1, -0.05) is 0 Å². The first-order chi connectivity index (χ1) is 13.6. The van der Waals surface area contributed by atoms with Crippen LogP contribution >= 0.6 is 22.7 Å². The van der Waals surface area contributed by atoms with Crippen molar-refractivity contribution in [1.82, 2.24) is 4.98 Å². The van der Waals surface area contributed by atoms with E-state index in [1.165, 1.54) is 29.6 Å². The molecule has 0 aliphatic heterocycles. The van der Waals surface area contributed by atoms with Gasteiger partial charge < -0.3 is 14.8 Å². The van der Waals surface area contributed by atoms with Crippen LogP contribution in [0.4, 0.5) is 5.00 Å². The number of esters is 1. The van der Waals surface area contributed by atoms with Gasteiger partial charge in [-0.25, -0.2) is 9.78 Å². The Balaban J connectivity index is 1.53. The molecule has 0 bridgehead atoms. The first kappa shape index (κ1) is 19.5. The molecule has 1 aromatic carbocycles. The highest BCUT2D eigenvalue weighted by Gasteiger charge is 2.20. The minimum absolute atomic E-state index is 0.300. The molecule has 3 aromatic rings. The molecule has 142 valence electrons. The minimum atomic E-state index is -1.01. The van der Waals surface area contributed by atoms with Crippen molar-refractivity contribution in [2.75, 3.05) is 5.32 Å². The number of hydrogen-bond acceptors (Lipinski definition) is 8. The largest absolute Gasteiger partial charge is 0.487 e. The zero-order valence-electron chi connectivity index (χ0n) is 14.7. The van der Waals surface area contributed by atoms with Crippen LogP contribution in [0.5, 0.6) is 5.75 Å². The molecule has 0 aliphatic carbocycles. The number of nitrogens with one attached hydrogen (secondary N) is 1. The second-order valence-corrected chi connectivity index (χ2v) is 7.24. The summed E-state index contributed by atoms with van der Waals surface area (Å²) in [4.78, 5) is 28.5. The molecule has 0 saturated heterocycles. The fraction of sp³-hybridized carbons (Fsp3) is 0.158. The standard InChI is InChI=1S/C19H15N3O4S2/c1-12(17(23)22-18-14(8-20)6-7-28-18)26-19(24)13-2-4-16(5-3-13)25-9-15-10-27-11-21-15/h2-7,10-12H,9H2,1H3,(H,22,23). The van der Waals surface area contributed by atoms with Crippen LogP contribution in [0.1, 0.15) is 28.5 Å². The fourth-order valence-corrected chi connectivity index (χ4v) is 3.43. The Morgan fingerprint density at radius 1 is 1.29 bits per heavy atom. The number of nitriles is 1. The van der Waals surface area contributed by atoms with Crippen molar-refractivity contribution in [3.05, 3.63) is 63.4 Å². The van der Waals surface area contributed by atoms with Gasteiger partial charge in [0.05, 0.1) is 22.3 Å². The monoisotopic (exact) mass is 413 g/mol. The van der Waals surface area contributed by atoms with Crippen LogP contribution in [0, 0.1) is 11.3 Å². The van der Waals surface area contributed by atoms with E-state index in [4.69, 9.17) is 14.7 Å². The molecule has 1 unspecified atom stereocenters. The van der Waals surface area contributed by atoms with Gasteiger partial charge in [0.25, 0.3) is 5.91 Å². The zero-order valence-corrected chi connectivity index (χ0v) is 16.4. The Hall–Kier alpha value is -3.22. The van der Waals surface area contributed by atoms with Crippen LogP contribution in [0.15, 0.2) is 46.6 Å². The number of benzene rings is 1. The molecular formula is C19H15N3O4S2. The lowest BCUT2D eigenvalue weighted by atomic mass is 10.2. The van der Waals surface area contributed by atoms with E-state index in [2.05, 4.69) is 10.3 Å². The maximum absolute atomic E-state index is 12.2. The number of thiophene rings is 1. The number of nitrogens with zero attached hydrogens (tertiary/aromatic N) is 2. The van der Waals surface area contributed by atoms with E-state index in [0.29, 0.717) is 28.5 Å². The normalized spacial score (nSPS) is 11.3. The predicted octanol–water partition coefficient (Wildman–Crippen LogP) is 3.84. The molecule has 0 saturated carbocycles. The van der Waals surface area contributed by atoms with Crippen molar-refractivity contribution >= 4 is 39.6 Å². The van der Waals surface area contributed by atoms with Gasteiger partial charge in [-0.05, 0) is 42.6 Å². The molecule has 0 radical (unpaired) electrons. The summed E-state index contributed by atoms with van der Waals surface area (Å²) in [6, 6.07) is 10.0. The maximum atomic E-state index is 12.2. The van der Waals surface area contributed by atoms with Crippen LogP contribution in [0.25, 0.3) is 0 Å². The Labute approximate surface area is 169 Å². The molecule has 9 heteroatoms. The summed E-state index contributed by atoms with van der Waals surface area (Å²) >= 11 is 2.72. The Bertz CT molecular complexity index is 991. The average Bonchev–Trinajstić information content (AvgIpc) is 3.38. The Kier molecular flexibility index (Phi) is 6.37. The summed E-state index contributed by atoms with van der Waals surface area (Å²) in [6.45, 7) is 1.82. The number of rotatable bonds is 7. The highest BCUT2D eigenvalue weighted by atomic mass is 32.1. The smallest absolute Gasteiger partial charge is 0.338 e. The second-order valence-electron chi connectivity index (χ2n) is 5.60. The van der Waals surface area contributed by atoms with Crippen molar-refractivity contribution in [1.29, 1.82) is 5.26 Å². The number of carbonyl (C=O) groups is 2. The summed E-state index contributed by atoms with van der Waals surface area (Å²) in [5, 5.41) is 15.6. The van der Waals surface area contributed by atoms with E-state index < -0.39 is 18.0 Å². The van der Waals surface area contributed by atoms with Crippen LogP contribution in [-0.2, 0) is 16.1 Å². The van der Waals surface area contributed by atoms with Crippen LogP contribution in [0.3, 0.4) is 0 Å². The van der Waals surface area contributed by atoms with Crippen molar-refractivity contribution in [3.8, 4) is 11.8 Å². The van der Waals surface area contributed by atoms with E-state index in [9.17, 15) is 9.59 Å². The van der Waals surface area contributed by atoms with Crippen LogP contribution in [0.2, 0.25) is 0 Å². The molecule has 1 N–H and O–H groups in total. The van der Waals surface area contributed by atoms with E-state index >= 15 is 0 Å². The Morgan fingerprint density at radius 2 is 2.07 bits per heavy atom. The summed E-state index contributed by atoms with van der Waals surface area (Å²) in [6.07, 6.45) is -1.01. The third kappa shape index (κ3) is 4.94. The lowest BCUT2D eigenvalue weighted by molar-refractivity contribution is -0.123. The maximum Gasteiger partial charge on any atom is 0.338 e. The summed E-state index contributed by atoms with van der Waals surface area (Å²) < 4.78 is 10.8. The predicted molar refractivity (Wildman–Crippen MR) is 105 cm³/mol. The number of ether oxygens (including phenoxy) is 2. The summed E-state index contributed by atoms with van der Waals surface area (Å²) in [7, 11) is 0. The summed E-state index contributed by atoms with van der Waals surface area (Å²) in [5.74, 6) is -0.534. The molecule has 1 atom stereocenters. The van der Waals surface area contributed by atoms with Crippen molar-refractivity contribution in [2.24, 2.45) is 0 Å². The zero-order chi connectivity index (χ0) is 19.9. The third-order valence-electron chi connectivity index (χ3n) is 3.64. The summed E-state index contributed by atoms with van der Waals surface area (Å²) in [5.41, 5.74) is 3.23. The average molecular weight is 413 g/mol. The first-order valence-corrected chi connectivity index (χ1v) is 9.98. The molecular weight excluding hydrogens is 398 g/mol. The van der Waals surface area contributed by atoms with Gasteiger partial charge in [-0.15, -0.1) is 22.7 Å². The topological polar surface area (TPSA) is 101 Å². The highest BCUT2D eigenvalue weighted by molar-refractivity contribution is 7.14. The minimum Gasteiger partial charge on any atom is -0.487 e. The van der Waals surface area contributed by atoms with Gasteiger partial charge in [-0.2, -0.15) is 5.26 Å². The molecule has 2 heterocycles. The molecule has 0 aliphatic rings. The second kappa shape index (κ2) is 9.12. The highest BCUT2D eigenvalue weighted by Crippen LogP contribution is 2.22. The molecule has 3 rings (SSSR count). The van der Waals surface area contributed by atoms with E-state index in [-0.39, 0.29) is 0 Å². The van der Waals surface area contributed by atoms with Crippen molar-refractivity contribution in [3.63, 3.8) is 0 Å². The van der Waals surface area contributed by atoms with Crippen molar-refractivity contribution in [2.45, 2.75) is 19.6 Å². The molecule has 0 spiro atoms. The molecule has 2 aromatic heterocycles.